The zero-order chi connectivity index (χ0) is 19.9. The van der Waals surface area contributed by atoms with Crippen LogP contribution in [-0.4, -0.2) is 36.4 Å². The minimum atomic E-state index is -0.658. The average molecular weight is 406 g/mol. The molecule has 4 aliphatic carbocycles. The first-order valence-corrected chi connectivity index (χ1v) is 10.0. The SMILES string of the molecule is COc1ccccc1C(=O)NC(=O)COC(=O)C12C[C@@H]3C[C@@H](CC(Cl)(C3)C1)C2. The van der Waals surface area contributed by atoms with E-state index in [0.717, 1.165) is 32.1 Å². The molecule has 4 atom stereocenters. The average Bonchev–Trinajstić information content (AvgIpc) is 2.64. The molecule has 4 saturated carbocycles. The number of benzene rings is 1. The number of carbonyl (C=O) groups is 3. The number of ether oxygens (including phenoxy) is 2. The number of hydrogen-bond donors (Lipinski definition) is 1. The lowest BCUT2D eigenvalue weighted by Gasteiger charge is -2.58. The van der Waals surface area contributed by atoms with E-state index in [-0.39, 0.29) is 16.4 Å². The van der Waals surface area contributed by atoms with Crippen LogP contribution in [0.4, 0.5) is 0 Å². The van der Waals surface area contributed by atoms with Gasteiger partial charge >= 0.3 is 5.97 Å². The highest BCUT2D eigenvalue weighted by atomic mass is 35.5. The second kappa shape index (κ2) is 7.07. The van der Waals surface area contributed by atoms with E-state index in [1.165, 1.54) is 7.11 Å². The molecule has 0 spiro atoms. The molecule has 0 heterocycles. The number of carbonyl (C=O) groups excluding carboxylic acids is 3. The first-order valence-electron chi connectivity index (χ1n) is 9.66. The van der Waals surface area contributed by atoms with Crippen LogP contribution in [0.25, 0.3) is 0 Å². The minimum Gasteiger partial charge on any atom is -0.496 e. The fraction of sp³-hybridized carbons (Fsp3) is 0.571. The largest absolute Gasteiger partial charge is 0.496 e. The Labute approximate surface area is 168 Å². The molecule has 0 aromatic heterocycles. The van der Waals surface area contributed by atoms with Gasteiger partial charge < -0.3 is 9.47 Å². The lowest BCUT2D eigenvalue weighted by molar-refractivity contribution is -0.171. The molecule has 4 bridgehead atoms. The van der Waals surface area contributed by atoms with Crippen molar-refractivity contribution in [2.45, 2.75) is 43.4 Å². The molecule has 150 valence electrons. The molecule has 1 N–H and O–H groups in total. The summed E-state index contributed by atoms with van der Waals surface area (Å²) in [6.45, 7) is -0.480. The summed E-state index contributed by atoms with van der Waals surface area (Å²) < 4.78 is 10.5. The number of para-hydroxylation sites is 1. The summed E-state index contributed by atoms with van der Waals surface area (Å²) in [5.41, 5.74) is -0.325. The molecule has 28 heavy (non-hydrogen) atoms. The number of rotatable bonds is 5. The van der Waals surface area contributed by atoms with Gasteiger partial charge in [0.1, 0.15) is 5.75 Å². The van der Waals surface area contributed by atoms with Gasteiger partial charge in [0.2, 0.25) is 0 Å². The first-order chi connectivity index (χ1) is 13.3. The van der Waals surface area contributed by atoms with Crippen molar-refractivity contribution in [1.29, 1.82) is 0 Å². The summed E-state index contributed by atoms with van der Waals surface area (Å²) in [6, 6.07) is 6.60. The summed E-state index contributed by atoms with van der Waals surface area (Å²) >= 11 is 6.75. The number of methoxy groups -OCH3 is 1. The number of halogens is 1. The van der Waals surface area contributed by atoms with Gasteiger partial charge in [0.15, 0.2) is 6.61 Å². The Morgan fingerprint density at radius 3 is 2.46 bits per heavy atom. The number of amides is 2. The van der Waals surface area contributed by atoms with Gasteiger partial charge in [-0.15, -0.1) is 11.6 Å². The van der Waals surface area contributed by atoms with Gasteiger partial charge in [0.25, 0.3) is 11.8 Å². The Hall–Kier alpha value is -2.08. The van der Waals surface area contributed by atoms with Crippen LogP contribution in [0.5, 0.6) is 5.75 Å². The molecule has 7 heteroatoms. The third-order valence-corrected chi connectivity index (χ3v) is 6.80. The standard InChI is InChI=1S/C21H24ClNO5/c1-27-16-5-3-2-4-15(16)18(25)23-17(24)11-28-19(26)20-7-13-6-14(8-20)10-21(22,9-13)12-20/h2-5,13-14H,6-12H2,1H3,(H,23,24,25)/t13-,14+,20?,21?. The Morgan fingerprint density at radius 1 is 1.14 bits per heavy atom. The van der Waals surface area contributed by atoms with E-state index in [1.807, 2.05) is 0 Å². The predicted molar refractivity (Wildman–Crippen MR) is 102 cm³/mol. The Kier molecular flexibility index (Phi) is 4.86. The number of esters is 1. The summed E-state index contributed by atoms with van der Waals surface area (Å²) in [6.07, 6.45) is 5.27. The van der Waals surface area contributed by atoms with E-state index >= 15 is 0 Å². The number of alkyl halides is 1. The fourth-order valence-corrected chi connectivity index (χ4v) is 6.43. The van der Waals surface area contributed by atoms with Gasteiger partial charge in [-0.3, -0.25) is 19.7 Å². The molecular formula is C21H24ClNO5. The lowest BCUT2D eigenvalue weighted by Crippen LogP contribution is -2.56. The molecule has 2 unspecified atom stereocenters. The Balaban J connectivity index is 1.35. The maximum absolute atomic E-state index is 12.8. The predicted octanol–water partition coefficient (Wildman–Crippen LogP) is 3.07. The highest BCUT2D eigenvalue weighted by Gasteiger charge is 2.60. The lowest BCUT2D eigenvalue weighted by atomic mass is 9.49. The van der Waals surface area contributed by atoms with Crippen molar-refractivity contribution in [3.63, 3.8) is 0 Å². The van der Waals surface area contributed by atoms with Gasteiger partial charge in [-0.25, -0.2) is 0 Å². The molecule has 0 radical (unpaired) electrons. The molecule has 1 aromatic rings. The van der Waals surface area contributed by atoms with E-state index in [0.29, 0.717) is 24.0 Å². The number of nitrogens with one attached hydrogen (secondary N) is 1. The third kappa shape index (κ3) is 3.50. The van der Waals surface area contributed by atoms with Crippen LogP contribution in [-0.2, 0) is 14.3 Å². The second-order valence-corrected chi connectivity index (χ2v) is 9.35. The van der Waals surface area contributed by atoms with Crippen LogP contribution in [0.1, 0.15) is 48.9 Å². The van der Waals surface area contributed by atoms with Crippen LogP contribution in [0.3, 0.4) is 0 Å². The van der Waals surface area contributed by atoms with E-state index in [9.17, 15) is 14.4 Å². The quantitative estimate of drug-likeness (QED) is 0.601. The van der Waals surface area contributed by atoms with Crippen LogP contribution in [0.2, 0.25) is 0 Å². The van der Waals surface area contributed by atoms with Crippen molar-refractivity contribution in [2.75, 3.05) is 13.7 Å². The zero-order valence-electron chi connectivity index (χ0n) is 15.8. The summed E-state index contributed by atoms with van der Waals surface area (Å²) in [5, 5.41) is 2.25. The van der Waals surface area contributed by atoms with Gasteiger partial charge in [-0.2, -0.15) is 0 Å². The van der Waals surface area contributed by atoms with Crippen molar-refractivity contribution in [2.24, 2.45) is 17.3 Å². The van der Waals surface area contributed by atoms with Crippen LogP contribution >= 0.6 is 11.6 Å². The monoisotopic (exact) mass is 405 g/mol. The van der Waals surface area contributed by atoms with Crippen LogP contribution in [0.15, 0.2) is 24.3 Å². The molecule has 0 aliphatic heterocycles. The molecule has 6 nitrogen and oxygen atoms in total. The summed E-state index contributed by atoms with van der Waals surface area (Å²) in [5.74, 6) is -0.306. The van der Waals surface area contributed by atoms with E-state index in [1.54, 1.807) is 24.3 Å². The van der Waals surface area contributed by atoms with E-state index in [2.05, 4.69) is 5.32 Å². The number of hydrogen-bond acceptors (Lipinski definition) is 5. The zero-order valence-corrected chi connectivity index (χ0v) is 16.6. The van der Waals surface area contributed by atoms with Crippen molar-refractivity contribution in [1.82, 2.24) is 5.32 Å². The van der Waals surface area contributed by atoms with Crippen molar-refractivity contribution in [3.8, 4) is 5.75 Å². The second-order valence-electron chi connectivity index (χ2n) is 8.55. The topological polar surface area (TPSA) is 81.7 Å². The van der Waals surface area contributed by atoms with Crippen molar-refractivity contribution < 1.29 is 23.9 Å². The highest BCUT2D eigenvalue weighted by molar-refractivity contribution is 6.24. The van der Waals surface area contributed by atoms with E-state index in [4.69, 9.17) is 21.1 Å². The highest BCUT2D eigenvalue weighted by Crippen LogP contribution is 2.64. The normalized spacial score (nSPS) is 32.6. The van der Waals surface area contributed by atoms with Crippen LogP contribution in [0, 0.1) is 17.3 Å². The maximum atomic E-state index is 12.8. The van der Waals surface area contributed by atoms with Gasteiger partial charge in [-0.1, -0.05) is 12.1 Å². The van der Waals surface area contributed by atoms with Crippen molar-refractivity contribution in [3.05, 3.63) is 29.8 Å². The molecule has 4 aliphatic rings. The maximum Gasteiger partial charge on any atom is 0.312 e. The molecule has 1 aromatic carbocycles. The number of imide groups is 1. The Bertz CT molecular complexity index is 809. The van der Waals surface area contributed by atoms with Crippen molar-refractivity contribution >= 4 is 29.4 Å². The molecule has 5 rings (SSSR count). The third-order valence-electron chi connectivity index (χ3n) is 6.36. The van der Waals surface area contributed by atoms with Gasteiger partial charge in [-0.05, 0) is 62.5 Å². The summed E-state index contributed by atoms with van der Waals surface area (Å²) in [7, 11) is 1.45. The van der Waals surface area contributed by atoms with Gasteiger partial charge in [0.05, 0.1) is 18.1 Å². The molecule has 2 amide bonds. The molecular weight excluding hydrogens is 382 g/mol. The van der Waals surface area contributed by atoms with Gasteiger partial charge in [0, 0.05) is 4.87 Å². The van der Waals surface area contributed by atoms with E-state index < -0.39 is 23.8 Å². The molecule has 0 saturated heterocycles. The van der Waals surface area contributed by atoms with Crippen LogP contribution < -0.4 is 10.1 Å². The first kappa shape index (κ1) is 19.2. The summed E-state index contributed by atoms with van der Waals surface area (Å²) in [4.78, 5) is 37.0. The fourth-order valence-electron chi connectivity index (χ4n) is 5.74. The minimum absolute atomic E-state index is 0.245. The molecule has 4 fully saturated rings. The Morgan fingerprint density at radius 2 is 1.82 bits per heavy atom. The smallest absolute Gasteiger partial charge is 0.312 e.